The monoisotopic (exact) mass is 293 g/mol. The van der Waals surface area contributed by atoms with Gasteiger partial charge in [0.1, 0.15) is 5.69 Å². The summed E-state index contributed by atoms with van der Waals surface area (Å²) in [5.74, 6) is -0.463. The van der Waals surface area contributed by atoms with Gasteiger partial charge in [0.2, 0.25) is 0 Å². The fraction of sp³-hybridized carbons (Fsp3) is 0.667. The van der Waals surface area contributed by atoms with E-state index in [1.807, 2.05) is 13.0 Å². The molecule has 0 spiro atoms. The van der Waals surface area contributed by atoms with E-state index in [-0.39, 0.29) is 17.8 Å². The Morgan fingerprint density at radius 2 is 2.19 bits per heavy atom. The molecule has 0 aromatic carbocycles. The Bertz CT molecular complexity index is 524. The van der Waals surface area contributed by atoms with Crippen molar-refractivity contribution >= 4 is 11.9 Å². The van der Waals surface area contributed by atoms with Crippen molar-refractivity contribution in [2.45, 2.75) is 33.1 Å². The summed E-state index contributed by atoms with van der Waals surface area (Å²) in [5.41, 5.74) is 1.48. The molecule has 1 saturated heterocycles. The number of esters is 1. The summed E-state index contributed by atoms with van der Waals surface area (Å²) >= 11 is 0. The van der Waals surface area contributed by atoms with Crippen LogP contribution in [0.1, 0.15) is 42.9 Å². The van der Waals surface area contributed by atoms with Crippen molar-refractivity contribution in [3.8, 4) is 0 Å². The molecule has 0 unspecified atom stereocenters. The van der Waals surface area contributed by atoms with Gasteiger partial charge >= 0.3 is 5.97 Å². The number of hydrogen-bond donors (Lipinski definition) is 0. The second kappa shape index (κ2) is 6.74. The van der Waals surface area contributed by atoms with E-state index in [0.717, 1.165) is 25.0 Å². The molecule has 1 aromatic rings. The molecule has 0 saturated carbocycles. The quantitative estimate of drug-likeness (QED) is 0.787. The molecule has 2 heterocycles. The summed E-state index contributed by atoms with van der Waals surface area (Å²) in [4.78, 5) is 26.2. The molecule has 116 valence electrons. The molecule has 21 heavy (non-hydrogen) atoms. The normalized spacial score (nSPS) is 18.6. The van der Waals surface area contributed by atoms with Crippen molar-refractivity contribution in [1.29, 1.82) is 0 Å². The van der Waals surface area contributed by atoms with Gasteiger partial charge in [0.05, 0.1) is 18.2 Å². The van der Waals surface area contributed by atoms with Crippen LogP contribution < -0.4 is 0 Å². The largest absolute Gasteiger partial charge is 0.466 e. The van der Waals surface area contributed by atoms with Crippen molar-refractivity contribution < 1.29 is 14.3 Å². The SMILES string of the molecule is CCOC(=O)[C@H]1CCCN(C(=O)c2cc(CC)nn2C)C1. The zero-order chi connectivity index (χ0) is 15.4. The summed E-state index contributed by atoms with van der Waals surface area (Å²) in [7, 11) is 1.78. The average Bonchev–Trinajstić information content (AvgIpc) is 2.88. The highest BCUT2D eigenvalue weighted by molar-refractivity contribution is 5.93. The first kappa shape index (κ1) is 15.5. The number of carbonyl (C=O) groups excluding carboxylic acids is 2. The Labute approximate surface area is 125 Å². The highest BCUT2D eigenvalue weighted by Gasteiger charge is 2.30. The first-order valence-corrected chi connectivity index (χ1v) is 7.55. The highest BCUT2D eigenvalue weighted by atomic mass is 16.5. The topological polar surface area (TPSA) is 64.4 Å². The molecule has 1 aliphatic rings. The molecule has 2 rings (SSSR count). The Morgan fingerprint density at radius 1 is 1.43 bits per heavy atom. The molecule has 6 nitrogen and oxygen atoms in total. The molecule has 0 aliphatic carbocycles. The minimum atomic E-state index is -0.207. The number of rotatable bonds is 4. The van der Waals surface area contributed by atoms with Gasteiger partial charge in [-0.05, 0) is 32.3 Å². The Morgan fingerprint density at radius 3 is 2.81 bits per heavy atom. The number of piperidine rings is 1. The van der Waals surface area contributed by atoms with E-state index in [2.05, 4.69) is 5.10 Å². The number of carbonyl (C=O) groups is 2. The zero-order valence-electron chi connectivity index (χ0n) is 13.0. The lowest BCUT2D eigenvalue weighted by molar-refractivity contribution is -0.149. The van der Waals surface area contributed by atoms with Crippen molar-refractivity contribution in [3.05, 3.63) is 17.5 Å². The molecule has 6 heteroatoms. The summed E-state index contributed by atoms with van der Waals surface area (Å²) < 4.78 is 6.69. The second-order valence-electron chi connectivity index (χ2n) is 5.34. The third kappa shape index (κ3) is 3.43. The van der Waals surface area contributed by atoms with Crippen molar-refractivity contribution in [2.24, 2.45) is 13.0 Å². The molecule has 1 aromatic heterocycles. The summed E-state index contributed by atoms with van der Waals surface area (Å²) in [6.07, 6.45) is 2.41. The lowest BCUT2D eigenvalue weighted by Gasteiger charge is -2.31. The molecule has 0 bridgehead atoms. The van der Waals surface area contributed by atoms with E-state index in [4.69, 9.17) is 4.74 Å². The zero-order valence-corrected chi connectivity index (χ0v) is 13.0. The van der Waals surface area contributed by atoms with Gasteiger partial charge in [0, 0.05) is 20.1 Å². The van der Waals surface area contributed by atoms with Crippen LogP contribution in [0.15, 0.2) is 6.07 Å². The van der Waals surface area contributed by atoms with Gasteiger partial charge in [-0.15, -0.1) is 0 Å². The van der Waals surface area contributed by atoms with Crippen LogP contribution in [0.2, 0.25) is 0 Å². The number of aromatic nitrogens is 2. The Kier molecular flexibility index (Phi) is 4.98. The minimum Gasteiger partial charge on any atom is -0.466 e. The van der Waals surface area contributed by atoms with E-state index in [1.165, 1.54) is 0 Å². The highest BCUT2D eigenvalue weighted by Crippen LogP contribution is 2.20. The van der Waals surface area contributed by atoms with Gasteiger partial charge < -0.3 is 9.64 Å². The number of likely N-dealkylation sites (tertiary alicyclic amines) is 1. The maximum absolute atomic E-state index is 12.6. The van der Waals surface area contributed by atoms with E-state index >= 15 is 0 Å². The fourth-order valence-electron chi connectivity index (χ4n) is 2.68. The van der Waals surface area contributed by atoms with E-state index in [1.54, 1.807) is 23.6 Å². The average molecular weight is 293 g/mol. The van der Waals surface area contributed by atoms with Crippen LogP contribution in [0.4, 0.5) is 0 Å². The van der Waals surface area contributed by atoms with Crippen molar-refractivity contribution in [3.63, 3.8) is 0 Å². The Balaban J connectivity index is 2.08. The van der Waals surface area contributed by atoms with Crippen molar-refractivity contribution in [1.82, 2.24) is 14.7 Å². The molecule has 1 aliphatic heterocycles. The van der Waals surface area contributed by atoms with Crippen LogP contribution >= 0.6 is 0 Å². The Hall–Kier alpha value is -1.85. The standard InChI is InChI=1S/C15H23N3O3/c1-4-12-9-13(17(3)16-12)14(19)18-8-6-7-11(10-18)15(20)21-5-2/h9,11H,4-8,10H2,1-3H3/t11-/m0/s1. The molecule has 0 radical (unpaired) electrons. The maximum atomic E-state index is 12.6. The van der Waals surface area contributed by atoms with E-state index in [0.29, 0.717) is 25.4 Å². The maximum Gasteiger partial charge on any atom is 0.310 e. The summed E-state index contributed by atoms with van der Waals surface area (Å²) in [5, 5.41) is 4.31. The van der Waals surface area contributed by atoms with E-state index < -0.39 is 0 Å². The summed E-state index contributed by atoms with van der Waals surface area (Å²) in [6.45, 7) is 5.30. The van der Waals surface area contributed by atoms with Crippen LogP contribution in [0.25, 0.3) is 0 Å². The molecular formula is C15H23N3O3. The number of aryl methyl sites for hydroxylation is 2. The molecule has 1 amide bonds. The number of nitrogens with zero attached hydrogens (tertiary/aromatic N) is 3. The van der Waals surface area contributed by atoms with Gasteiger partial charge in [0.15, 0.2) is 0 Å². The fourth-order valence-corrected chi connectivity index (χ4v) is 2.68. The smallest absolute Gasteiger partial charge is 0.310 e. The van der Waals surface area contributed by atoms with Crippen LogP contribution in [0.3, 0.4) is 0 Å². The first-order valence-electron chi connectivity index (χ1n) is 7.55. The predicted molar refractivity (Wildman–Crippen MR) is 77.8 cm³/mol. The molecule has 1 atom stereocenters. The van der Waals surface area contributed by atoms with Gasteiger partial charge in [-0.3, -0.25) is 14.3 Å². The van der Waals surface area contributed by atoms with Crippen LogP contribution in [0.5, 0.6) is 0 Å². The van der Waals surface area contributed by atoms with Crippen molar-refractivity contribution in [2.75, 3.05) is 19.7 Å². The third-order valence-corrected chi connectivity index (χ3v) is 3.84. The van der Waals surface area contributed by atoms with Gasteiger partial charge in [0.25, 0.3) is 5.91 Å². The lowest BCUT2D eigenvalue weighted by Crippen LogP contribution is -2.43. The van der Waals surface area contributed by atoms with Crippen LogP contribution in [-0.2, 0) is 23.0 Å². The number of ether oxygens (including phenoxy) is 1. The van der Waals surface area contributed by atoms with Gasteiger partial charge in [-0.25, -0.2) is 0 Å². The first-order chi connectivity index (χ1) is 10.1. The molecular weight excluding hydrogens is 270 g/mol. The minimum absolute atomic E-state index is 0.0568. The predicted octanol–water partition coefficient (Wildman–Crippen LogP) is 1.40. The number of amides is 1. The van der Waals surface area contributed by atoms with Gasteiger partial charge in [-0.2, -0.15) is 5.10 Å². The summed E-state index contributed by atoms with van der Waals surface area (Å²) in [6, 6.07) is 1.83. The van der Waals surface area contributed by atoms with Crippen LogP contribution in [0, 0.1) is 5.92 Å². The molecule has 1 fully saturated rings. The van der Waals surface area contributed by atoms with Gasteiger partial charge in [-0.1, -0.05) is 6.92 Å². The lowest BCUT2D eigenvalue weighted by atomic mass is 9.98. The third-order valence-electron chi connectivity index (χ3n) is 3.84. The second-order valence-corrected chi connectivity index (χ2v) is 5.34. The molecule has 0 N–H and O–H groups in total. The van der Waals surface area contributed by atoms with E-state index in [9.17, 15) is 9.59 Å². The number of hydrogen-bond acceptors (Lipinski definition) is 4. The van der Waals surface area contributed by atoms with Crippen LogP contribution in [-0.4, -0.2) is 46.3 Å².